The second-order valence-corrected chi connectivity index (χ2v) is 12.0. The van der Waals surface area contributed by atoms with E-state index in [4.69, 9.17) is 0 Å². The van der Waals surface area contributed by atoms with E-state index in [0.29, 0.717) is 13.1 Å². The molecule has 2 aromatic rings. The molecule has 0 saturated carbocycles. The molecule has 0 aliphatic carbocycles. The van der Waals surface area contributed by atoms with Crippen LogP contribution in [0.15, 0.2) is 58.3 Å². The average molecular weight is 480 g/mol. The molecule has 0 bridgehead atoms. The number of amides is 1. The maximum absolute atomic E-state index is 13.1. The number of carbonyl (C=O) groups is 1. The number of carbonyl (C=O) groups excluding carboxylic acids is 1. The molecular formula is C22H29N3O5S2. The third-order valence-electron chi connectivity index (χ3n) is 5.59. The molecule has 0 spiro atoms. The number of hydrogen-bond acceptors (Lipinski definition) is 5. The van der Waals surface area contributed by atoms with Gasteiger partial charge >= 0.3 is 0 Å². The van der Waals surface area contributed by atoms with Gasteiger partial charge in [-0.3, -0.25) is 4.79 Å². The molecule has 3 rings (SSSR count). The highest BCUT2D eigenvalue weighted by molar-refractivity contribution is 7.89. The molecule has 8 nitrogen and oxygen atoms in total. The van der Waals surface area contributed by atoms with Gasteiger partial charge in [-0.1, -0.05) is 18.6 Å². The largest absolute Gasteiger partial charge is 0.321 e. The van der Waals surface area contributed by atoms with Gasteiger partial charge in [-0.15, -0.1) is 0 Å². The number of anilines is 1. The molecule has 0 atom stereocenters. The van der Waals surface area contributed by atoms with Crippen molar-refractivity contribution in [1.82, 2.24) is 8.61 Å². The molecule has 1 amide bonds. The SMILES string of the molecule is CC(C)N(C)S(=O)(=O)c1ccc(C(=O)Nc2ccccc2S(=O)(=O)N2CCCCC2)cc1. The van der Waals surface area contributed by atoms with Gasteiger partial charge in [0.1, 0.15) is 4.90 Å². The van der Waals surface area contributed by atoms with Gasteiger partial charge in [0.25, 0.3) is 5.91 Å². The van der Waals surface area contributed by atoms with Crippen LogP contribution in [0.3, 0.4) is 0 Å². The zero-order valence-electron chi connectivity index (χ0n) is 18.5. The highest BCUT2D eigenvalue weighted by atomic mass is 32.2. The average Bonchev–Trinajstić information content (AvgIpc) is 2.79. The van der Waals surface area contributed by atoms with Crippen LogP contribution in [0.4, 0.5) is 5.69 Å². The van der Waals surface area contributed by atoms with Crippen LogP contribution >= 0.6 is 0 Å². The molecule has 1 fully saturated rings. The summed E-state index contributed by atoms with van der Waals surface area (Å²) in [5.41, 5.74) is 0.417. The van der Waals surface area contributed by atoms with Crippen molar-refractivity contribution in [2.45, 2.75) is 48.9 Å². The Morgan fingerprint density at radius 2 is 1.53 bits per heavy atom. The predicted octanol–water partition coefficient (Wildman–Crippen LogP) is 3.14. The van der Waals surface area contributed by atoms with E-state index in [1.807, 2.05) is 0 Å². The topological polar surface area (TPSA) is 104 Å². The van der Waals surface area contributed by atoms with Crippen LogP contribution in [0.2, 0.25) is 0 Å². The number of nitrogens with zero attached hydrogens (tertiary/aromatic N) is 2. The minimum absolute atomic E-state index is 0.0491. The summed E-state index contributed by atoms with van der Waals surface area (Å²) in [6.45, 7) is 4.47. The number of para-hydroxylation sites is 1. The number of benzene rings is 2. The highest BCUT2D eigenvalue weighted by Crippen LogP contribution is 2.27. The maximum atomic E-state index is 13.1. The Kier molecular flexibility index (Phi) is 7.39. The number of hydrogen-bond donors (Lipinski definition) is 1. The van der Waals surface area contributed by atoms with Crippen molar-refractivity contribution in [2.75, 3.05) is 25.5 Å². The monoisotopic (exact) mass is 479 g/mol. The third kappa shape index (κ3) is 5.03. The second kappa shape index (κ2) is 9.70. The van der Waals surface area contributed by atoms with Crippen LogP contribution in [0.1, 0.15) is 43.5 Å². The fourth-order valence-corrected chi connectivity index (χ4v) is 6.49. The lowest BCUT2D eigenvalue weighted by molar-refractivity contribution is 0.102. The molecular weight excluding hydrogens is 450 g/mol. The van der Waals surface area contributed by atoms with Crippen LogP contribution in [0, 0.1) is 0 Å². The fraction of sp³-hybridized carbons (Fsp3) is 0.409. The van der Waals surface area contributed by atoms with Crippen molar-refractivity contribution in [3.8, 4) is 0 Å². The first-order chi connectivity index (χ1) is 15.0. The quantitative estimate of drug-likeness (QED) is 0.657. The lowest BCUT2D eigenvalue weighted by Gasteiger charge is -2.26. The van der Waals surface area contributed by atoms with E-state index in [1.54, 1.807) is 32.0 Å². The van der Waals surface area contributed by atoms with Crippen molar-refractivity contribution in [2.24, 2.45) is 0 Å². The lowest BCUT2D eigenvalue weighted by atomic mass is 10.2. The summed E-state index contributed by atoms with van der Waals surface area (Å²) in [7, 11) is -5.89. The molecule has 2 aromatic carbocycles. The van der Waals surface area contributed by atoms with Gasteiger partial charge in [0.15, 0.2) is 0 Å². The summed E-state index contributed by atoms with van der Waals surface area (Å²) in [5, 5.41) is 2.67. The third-order valence-corrected chi connectivity index (χ3v) is 9.59. The van der Waals surface area contributed by atoms with Crippen LogP contribution in [0.25, 0.3) is 0 Å². The molecule has 0 unspecified atom stereocenters. The fourth-order valence-electron chi connectivity index (χ4n) is 3.46. The first kappa shape index (κ1) is 24.4. The van der Waals surface area contributed by atoms with Gasteiger partial charge in [-0.2, -0.15) is 8.61 Å². The van der Waals surface area contributed by atoms with Gasteiger partial charge < -0.3 is 5.32 Å². The predicted molar refractivity (Wildman–Crippen MR) is 124 cm³/mol. The van der Waals surface area contributed by atoms with E-state index < -0.39 is 26.0 Å². The van der Waals surface area contributed by atoms with Crippen LogP contribution in [-0.4, -0.2) is 57.5 Å². The number of rotatable bonds is 7. The normalized spacial score (nSPS) is 15.8. The summed E-state index contributed by atoms with van der Waals surface area (Å²) in [4.78, 5) is 12.9. The summed E-state index contributed by atoms with van der Waals surface area (Å²) in [6.07, 6.45) is 2.63. The van der Waals surface area contributed by atoms with Crippen molar-refractivity contribution >= 4 is 31.6 Å². The Morgan fingerprint density at radius 1 is 0.938 bits per heavy atom. The molecule has 0 aromatic heterocycles. The van der Waals surface area contributed by atoms with Crippen molar-refractivity contribution in [1.29, 1.82) is 0 Å². The van der Waals surface area contributed by atoms with Crippen molar-refractivity contribution in [3.63, 3.8) is 0 Å². The van der Waals surface area contributed by atoms with Crippen molar-refractivity contribution in [3.05, 3.63) is 54.1 Å². The van der Waals surface area contributed by atoms with Gasteiger partial charge in [-0.25, -0.2) is 16.8 Å². The van der Waals surface area contributed by atoms with Gasteiger partial charge in [0, 0.05) is 31.7 Å². The van der Waals surface area contributed by atoms with E-state index >= 15 is 0 Å². The molecule has 1 saturated heterocycles. The molecule has 1 heterocycles. The summed E-state index contributed by atoms with van der Waals surface area (Å²) in [6, 6.07) is 11.7. The zero-order valence-corrected chi connectivity index (χ0v) is 20.1. The molecule has 32 heavy (non-hydrogen) atoms. The Bertz CT molecular complexity index is 1170. The Labute approximate surface area is 190 Å². The summed E-state index contributed by atoms with van der Waals surface area (Å²) >= 11 is 0. The van der Waals surface area contributed by atoms with E-state index in [2.05, 4.69) is 5.32 Å². The van der Waals surface area contributed by atoms with Crippen molar-refractivity contribution < 1.29 is 21.6 Å². The molecule has 174 valence electrons. The minimum atomic E-state index is -3.73. The zero-order chi connectivity index (χ0) is 23.5. The number of piperidine rings is 1. The first-order valence-corrected chi connectivity index (χ1v) is 13.4. The van der Waals surface area contributed by atoms with E-state index in [0.717, 1.165) is 19.3 Å². The first-order valence-electron chi connectivity index (χ1n) is 10.5. The lowest BCUT2D eigenvalue weighted by Crippen LogP contribution is -2.36. The van der Waals surface area contributed by atoms with Gasteiger partial charge in [0.2, 0.25) is 20.0 Å². The smallest absolute Gasteiger partial charge is 0.255 e. The van der Waals surface area contributed by atoms with E-state index in [-0.39, 0.29) is 27.1 Å². The number of nitrogens with one attached hydrogen (secondary N) is 1. The Morgan fingerprint density at radius 3 is 2.12 bits per heavy atom. The Hall–Kier alpha value is -2.27. The molecule has 0 radical (unpaired) electrons. The van der Waals surface area contributed by atoms with E-state index in [9.17, 15) is 21.6 Å². The molecule has 1 N–H and O–H groups in total. The van der Waals surface area contributed by atoms with Crippen LogP contribution in [0.5, 0.6) is 0 Å². The van der Waals surface area contributed by atoms with Gasteiger partial charge in [0.05, 0.1) is 10.6 Å². The summed E-state index contributed by atoms with van der Waals surface area (Å²) in [5.74, 6) is -0.521. The van der Waals surface area contributed by atoms with Gasteiger partial charge in [-0.05, 0) is 63.1 Å². The second-order valence-electron chi connectivity index (χ2n) is 8.05. The molecule has 1 aliphatic rings. The molecule has 1 aliphatic heterocycles. The van der Waals surface area contributed by atoms with E-state index in [1.165, 1.54) is 46.0 Å². The molecule has 10 heteroatoms. The van der Waals surface area contributed by atoms with Crippen LogP contribution in [-0.2, 0) is 20.0 Å². The van der Waals surface area contributed by atoms with Crippen LogP contribution < -0.4 is 5.32 Å². The standard InChI is InChI=1S/C22H29N3O5S2/c1-17(2)24(3)31(27,28)19-13-11-18(12-14-19)22(26)23-20-9-5-6-10-21(20)32(29,30)25-15-7-4-8-16-25/h5-6,9-14,17H,4,7-8,15-16H2,1-3H3,(H,23,26). The minimum Gasteiger partial charge on any atom is -0.321 e. The summed E-state index contributed by atoms with van der Waals surface area (Å²) < 4.78 is 54.1. The highest BCUT2D eigenvalue weighted by Gasteiger charge is 2.29. The maximum Gasteiger partial charge on any atom is 0.255 e. The Balaban J connectivity index is 1.83. The number of sulfonamides is 2.